The number of ether oxygens (including phenoxy) is 1. The van der Waals surface area contributed by atoms with E-state index in [1.807, 2.05) is 43.3 Å². The molecule has 0 aliphatic carbocycles. The van der Waals surface area contributed by atoms with E-state index >= 15 is 0 Å². The van der Waals surface area contributed by atoms with Crippen LogP contribution in [0.5, 0.6) is 0 Å². The molecular formula is C21H23N5O2. The van der Waals surface area contributed by atoms with Crippen molar-refractivity contribution in [3.8, 4) is 11.4 Å². The first kappa shape index (κ1) is 18.2. The van der Waals surface area contributed by atoms with Gasteiger partial charge in [0, 0.05) is 42.5 Å². The summed E-state index contributed by atoms with van der Waals surface area (Å²) in [5.41, 5.74) is 1.83. The van der Waals surface area contributed by atoms with E-state index in [4.69, 9.17) is 14.7 Å². The van der Waals surface area contributed by atoms with Gasteiger partial charge in [0.05, 0.1) is 12.1 Å². The van der Waals surface area contributed by atoms with Crippen LogP contribution in [-0.2, 0) is 4.74 Å². The molecule has 1 fully saturated rings. The van der Waals surface area contributed by atoms with Gasteiger partial charge in [-0.1, -0.05) is 12.1 Å². The predicted octanol–water partition coefficient (Wildman–Crippen LogP) is 3.72. The van der Waals surface area contributed by atoms with Crippen molar-refractivity contribution in [3.05, 3.63) is 48.8 Å². The molecule has 3 aromatic rings. The Morgan fingerprint density at radius 2 is 1.89 bits per heavy atom. The molecule has 2 aromatic heterocycles. The van der Waals surface area contributed by atoms with Crippen molar-refractivity contribution in [1.82, 2.24) is 19.9 Å². The smallest absolute Gasteiger partial charge is 0.409 e. The van der Waals surface area contributed by atoms with Gasteiger partial charge in [-0.3, -0.25) is 4.98 Å². The molecule has 144 valence electrons. The second-order valence-corrected chi connectivity index (χ2v) is 6.75. The Morgan fingerprint density at radius 1 is 1.14 bits per heavy atom. The van der Waals surface area contributed by atoms with Crippen LogP contribution in [0.15, 0.2) is 48.8 Å². The van der Waals surface area contributed by atoms with Gasteiger partial charge in [-0.25, -0.2) is 14.8 Å². The van der Waals surface area contributed by atoms with Gasteiger partial charge >= 0.3 is 6.09 Å². The van der Waals surface area contributed by atoms with E-state index in [-0.39, 0.29) is 12.1 Å². The monoisotopic (exact) mass is 377 g/mol. The number of hydrogen-bond acceptors (Lipinski definition) is 6. The van der Waals surface area contributed by atoms with Gasteiger partial charge < -0.3 is 15.0 Å². The third-order valence-corrected chi connectivity index (χ3v) is 4.90. The molecule has 1 aliphatic heterocycles. The third kappa shape index (κ3) is 3.88. The van der Waals surface area contributed by atoms with E-state index in [1.165, 1.54) is 0 Å². The topological polar surface area (TPSA) is 80.2 Å². The summed E-state index contributed by atoms with van der Waals surface area (Å²) in [4.78, 5) is 27.2. The number of piperidine rings is 1. The van der Waals surface area contributed by atoms with E-state index in [2.05, 4.69) is 10.3 Å². The predicted molar refractivity (Wildman–Crippen MR) is 108 cm³/mol. The van der Waals surface area contributed by atoms with Gasteiger partial charge in [0.15, 0.2) is 5.82 Å². The average Bonchev–Trinajstić information content (AvgIpc) is 2.75. The van der Waals surface area contributed by atoms with Crippen LogP contribution in [0.1, 0.15) is 19.8 Å². The molecule has 0 atom stereocenters. The number of hydrogen-bond donors (Lipinski definition) is 1. The van der Waals surface area contributed by atoms with Crippen molar-refractivity contribution in [2.24, 2.45) is 0 Å². The maximum Gasteiger partial charge on any atom is 0.409 e. The van der Waals surface area contributed by atoms with E-state index in [0.717, 1.165) is 35.1 Å². The van der Waals surface area contributed by atoms with Crippen LogP contribution in [0.2, 0.25) is 0 Å². The Bertz CT molecular complexity index is 955. The highest BCUT2D eigenvalue weighted by Gasteiger charge is 2.24. The van der Waals surface area contributed by atoms with Crippen molar-refractivity contribution < 1.29 is 9.53 Å². The molecule has 0 spiro atoms. The number of nitrogens with zero attached hydrogens (tertiary/aromatic N) is 4. The molecule has 4 rings (SSSR count). The lowest BCUT2D eigenvalue weighted by molar-refractivity contribution is 0.0983. The maximum absolute atomic E-state index is 11.9. The summed E-state index contributed by atoms with van der Waals surface area (Å²) in [6.45, 7) is 3.59. The molecule has 1 N–H and O–H groups in total. The number of fused-ring (bicyclic) bond motifs is 1. The number of likely N-dealkylation sites (tertiary alicyclic amines) is 1. The molecule has 0 radical (unpaired) electrons. The minimum Gasteiger partial charge on any atom is -0.450 e. The van der Waals surface area contributed by atoms with Gasteiger partial charge in [-0.05, 0) is 44.0 Å². The van der Waals surface area contributed by atoms with Crippen molar-refractivity contribution in [2.45, 2.75) is 25.8 Å². The lowest BCUT2D eigenvalue weighted by atomic mass is 10.1. The highest BCUT2D eigenvalue weighted by atomic mass is 16.6. The Hall–Kier alpha value is -3.22. The number of nitrogens with one attached hydrogen (secondary N) is 1. The molecule has 0 unspecified atom stereocenters. The standard InChI is InChI=1S/C21H23N5O2/c1-2-28-21(27)26-13-9-16(10-14-26)23-20-17-5-3-4-6-18(17)24-19(25-20)15-7-11-22-12-8-15/h3-8,11-12,16H,2,9-10,13-14H2,1H3,(H,23,24,25). The van der Waals surface area contributed by atoms with Crippen molar-refractivity contribution in [1.29, 1.82) is 0 Å². The van der Waals surface area contributed by atoms with Gasteiger partial charge in [0.2, 0.25) is 0 Å². The number of rotatable bonds is 4. The number of pyridine rings is 1. The minimum atomic E-state index is -0.228. The summed E-state index contributed by atoms with van der Waals surface area (Å²) in [6, 6.07) is 12.1. The second kappa shape index (κ2) is 8.21. The van der Waals surface area contributed by atoms with E-state index in [9.17, 15) is 4.79 Å². The van der Waals surface area contributed by atoms with Gasteiger partial charge in [0.1, 0.15) is 5.82 Å². The molecule has 1 aromatic carbocycles. The summed E-state index contributed by atoms with van der Waals surface area (Å²) in [5.74, 6) is 1.50. The lowest BCUT2D eigenvalue weighted by Crippen LogP contribution is -2.42. The van der Waals surface area contributed by atoms with Gasteiger partial charge in [-0.2, -0.15) is 0 Å². The minimum absolute atomic E-state index is 0.228. The first-order valence-electron chi connectivity index (χ1n) is 9.60. The fourth-order valence-corrected chi connectivity index (χ4v) is 3.43. The van der Waals surface area contributed by atoms with E-state index in [0.29, 0.717) is 25.5 Å². The number of aromatic nitrogens is 3. The van der Waals surface area contributed by atoms with Crippen molar-refractivity contribution in [2.75, 3.05) is 25.0 Å². The summed E-state index contributed by atoms with van der Waals surface area (Å²) in [7, 11) is 0. The van der Waals surface area contributed by atoms with Crippen LogP contribution in [0.3, 0.4) is 0 Å². The number of anilines is 1. The normalized spacial score (nSPS) is 14.8. The fraction of sp³-hybridized carbons (Fsp3) is 0.333. The van der Waals surface area contributed by atoms with Crippen LogP contribution in [0.25, 0.3) is 22.3 Å². The quantitative estimate of drug-likeness (QED) is 0.746. The molecule has 1 aliphatic rings. The summed E-state index contributed by atoms with van der Waals surface area (Å²) >= 11 is 0. The molecule has 28 heavy (non-hydrogen) atoms. The number of carbonyl (C=O) groups excluding carboxylic acids is 1. The zero-order valence-corrected chi connectivity index (χ0v) is 15.8. The van der Waals surface area contributed by atoms with Crippen molar-refractivity contribution in [3.63, 3.8) is 0 Å². The summed E-state index contributed by atoms with van der Waals surface area (Å²) in [5, 5.41) is 4.57. The summed E-state index contributed by atoms with van der Waals surface area (Å²) < 4.78 is 5.10. The Labute approximate surface area is 163 Å². The van der Waals surface area contributed by atoms with Crippen LogP contribution in [0.4, 0.5) is 10.6 Å². The zero-order chi connectivity index (χ0) is 19.3. The molecule has 0 saturated carbocycles. The Morgan fingerprint density at radius 3 is 2.64 bits per heavy atom. The molecule has 7 heteroatoms. The Balaban J connectivity index is 1.56. The van der Waals surface area contributed by atoms with Crippen LogP contribution in [-0.4, -0.2) is 51.7 Å². The number of amides is 1. The first-order chi connectivity index (χ1) is 13.7. The highest BCUT2D eigenvalue weighted by molar-refractivity contribution is 5.90. The largest absolute Gasteiger partial charge is 0.450 e. The maximum atomic E-state index is 11.9. The zero-order valence-electron chi connectivity index (χ0n) is 15.8. The SMILES string of the molecule is CCOC(=O)N1CCC(Nc2nc(-c3ccncc3)nc3ccccc23)CC1. The highest BCUT2D eigenvalue weighted by Crippen LogP contribution is 2.26. The van der Waals surface area contributed by atoms with E-state index in [1.54, 1.807) is 17.3 Å². The average molecular weight is 377 g/mol. The molecule has 1 saturated heterocycles. The van der Waals surface area contributed by atoms with Crippen molar-refractivity contribution >= 4 is 22.8 Å². The molecule has 0 bridgehead atoms. The van der Waals surface area contributed by atoms with Gasteiger partial charge in [-0.15, -0.1) is 0 Å². The third-order valence-electron chi connectivity index (χ3n) is 4.90. The number of benzene rings is 1. The summed E-state index contributed by atoms with van der Waals surface area (Å²) in [6.07, 6.45) is 4.95. The second-order valence-electron chi connectivity index (χ2n) is 6.75. The number of carbonyl (C=O) groups is 1. The van der Waals surface area contributed by atoms with Crippen LogP contribution in [0, 0.1) is 0 Å². The molecular weight excluding hydrogens is 354 g/mol. The Kier molecular flexibility index (Phi) is 5.32. The number of para-hydroxylation sites is 1. The van der Waals surface area contributed by atoms with Gasteiger partial charge in [0.25, 0.3) is 0 Å². The van der Waals surface area contributed by atoms with E-state index < -0.39 is 0 Å². The molecule has 1 amide bonds. The molecule has 3 heterocycles. The first-order valence-corrected chi connectivity index (χ1v) is 9.60. The molecule has 7 nitrogen and oxygen atoms in total. The van der Waals surface area contributed by atoms with Crippen LogP contribution < -0.4 is 5.32 Å². The lowest BCUT2D eigenvalue weighted by Gasteiger charge is -2.32. The fourth-order valence-electron chi connectivity index (χ4n) is 3.43. The van der Waals surface area contributed by atoms with Crippen LogP contribution >= 0.6 is 0 Å².